The van der Waals surface area contributed by atoms with Crippen molar-refractivity contribution >= 4 is 11.9 Å². The second-order valence-corrected chi connectivity index (χ2v) is 3.08. The molecule has 5 nitrogen and oxygen atoms in total. The van der Waals surface area contributed by atoms with Gasteiger partial charge in [0.25, 0.3) is 0 Å². The molecule has 1 amide bonds. The van der Waals surface area contributed by atoms with Crippen molar-refractivity contribution in [2.45, 2.75) is 25.3 Å². The Balaban J connectivity index is 3.89. The maximum atomic E-state index is 11.2. The van der Waals surface area contributed by atoms with Crippen molar-refractivity contribution in [1.82, 2.24) is 5.32 Å². The summed E-state index contributed by atoms with van der Waals surface area (Å²) in [5.41, 5.74) is 0. The number of ether oxygens (including phenoxy) is 1. The van der Waals surface area contributed by atoms with Gasteiger partial charge in [-0.3, -0.25) is 4.79 Å². The Morgan fingerprint density at radius 2 is 2.27 bits per heavy atom. The summed E-state index contributed by atoms with van der Waals surface area (Å²) in [5.74, 6) is -1.32. The van der Waals surface area contributed by atoms with E-state index in [1.807, 2.05) is 0 Å². The first-order chi connectivity index (χ1) is 7.11. The molecule has 5 heteroatoms. The third-order valence-corrected chi connectivity index (χ3v) is 1.79. The summed E-state index contributed by atoms with van der Waals surface area (Å²) in [5, 5.41) is 11.1. The normalized spacial score (nSPS) is 11.8. The number of carboxylic acids is 1. The van der Waals surface area contributed by atoms with E-state index in [-0.39, 0.29) is 18.7 Å². The lowest BCUT2D eigenvalue weighted by atomic mass is 10.2. The molecule has 0 heterocycles. The van der Waals surface area contributed by atoms with Crippen molar-refractivity contribution in [1.29, 1.82) is 0 Å². The number of amides is 1. The minimum absolute atomic E-state index is 0.228. The van der Waals surface area contributed by atoms with E-state index in [9.17, 15) is 9.59 Å². The number of carbonyl (C=O) groups excluding carboxylic acids is 1. The number of methoxy groups -OCH3 is 1. The maximum absolute atomic E-state index is 11.2. The number of aliphatic carboxylic acids is 1. The number of carbonyl (C=O) groups is 2. The van der Waals surface area contributed by atoms with Crippen molar-refractivity contribution in [3.8, 4) is 0 Å². The molecule has 0 aliphatic heterocycles. The highest BCUT2D eigenvalue weighted by Crippen LogP contribution is 1.96. The summed E-state index contributed by atoms with van der Waals surface area (Å²) in [4.78, 5) is 21.9. The summed E-state index contributed by atoms with van der Waals surface area (Å²) in [6, 6.07) is -0.877. The molecule has 0 aromatic rings. The van der Waals surface area contributed by atoms with E-state index in [4.69, 9.17) is 9.84 Å². The predicted octanol–water partition coefficient (Wildman–Crippen LogP) is 0.558. The first kappa shape index (κ1) is 13.6. The highest BCUT2D eigenvalue weighted by atomic mass is 16.5. The number of rotatable bonds is 8. The molecule has 2 N–H and O–H groups in total. The molecule has 0 aliphatic rings. The molecule has 0 aromatic heterocycles. The van der Waals surface area contributed by atoms with E-state index < -0.39 is 12.0 Å². The van der Waals surface area contributed by atoms with Crippen molar-refractivity contribution < 1.29 is 19.4 Å². The van der Waals surface area contributed by atoms with Gasteiger partial charge in [0.1, 0.15) is 6.04 Å². The smallest absolute Gasteiger partial charge is 0.326 e. The van der Waals surface area contributed by atoms with Crippen molar-refractivity contribution in [2.24, 2.45) is 0 Å². The molecular formula is C10H17NO4. The van der Waals surface area contributed by atoms with E-state index in [1.54, 1.807) is 7.11 Å². The third kappa shape index (κ3) is 6.68. The fourth-order valence-corrected chi connectivity index (χ4v) is 1.03. The average molecular weight is 215 g/mol. The van der Waals surface area contributed by atoms with Crippen molar-refractivity contribution in [2.75, 3.05) is 13.7 Å². The summed E-state index contributed by atoms with van der Waals surface area (Å²) in [7, 11) is 1.55. The van der Waals surface area contributed by atoms with Crippen LogP contribution in [0.3, 0.4) is 0 Å². The SMILES string of the molecule is C=CCC(NC(=O)CCCOC)C(=O)O. The molecule has 1 atom stereocenters. The summed E-state index contributed by atoms with van der Waals surface area (Å²) in [6.45, 7) is 3.92. The van der Waals surface area contributed by atoms with Crippen LogP contribution in [0.15, 0.2) is 12.7 Å². The van der Waals surface area contributed by atoms with Gasteiger partial charge in [0.05, 0.1) is 0 Å². The minimum atomic E-state index is -1.05. The molecule has 0 rings (SSSR count). The average Bonchev–Trinajstić information content (AvgIpc) is 2.17. The fourth-order valence-electron chi connectivity index (χ4n) is 1.03. The Kier molecular flexibility index (Phi) is 7.27. The summed E-state index contributed by atoms with van der Waals surface area (Å²) >= 11 is 0. The van der Waals surface area contributed by atoms with Gasteiger partial charge in [-0.15, -0.1) is 6.58 Å². The molecule has 15 heavy (non-hydrogen) atoms. The summed E-state index contributed by atoms with van der Waals surface area (Å²) < 4.78 is 4.78. The van der Waals surface area contributed by atoms with Gasteiger partial charge in [-0.1, -0.05) is 6.08 Å². The van der Waals surface area contributed by atoms with Gasteiger partial charge in [-0.05, 0) is 12.8 Å². The Labute approximate surface area is 89.1 Å². The highest BCUT2D eigenvalue weighted by Gasteiger charge is 2.17. The second kappa shape index (κ2) is 7.99. The van der Waals surface area contributed by atoms with Gasteiger partial charge in [0.2, 0.25) is 5.91 Å². The molecule has 0 aliphatic carbocycles. The van der Waals surface area contributed by atoms with Crippen molar-refractivity contribution in [3.05, 3.63) is 12.7 Å². The topological polar surface area (TPSA) is 75.6 Å². The lowest BCUT2D eigenvalue weighted by Gasteiger charge is -2.12. The molecule has 0 fully saturated rings. The maximum Gasteiger partial charge on any atom is 0.326 e. The van der Waals surface area contributed by atoms with Gasteiger partial charge in [0, 0.05) is 20.1 Å². The van der Waals surface area contributed by atoms with Crippen LogP contribution in [0.4, 0.5) is 0 Å². The van der Waals surface area contributed by atoms with Crippen LogP contribution in [0.2, 0.25) is 0 Å². The van der Waals surface area contributed by atoms with Gasteiger partial charge < -0.3 is 15.2 Å². The monoisotopic (exact) mass is 215 g/mol. The van der Waals surface area contributed by atoms with Crippen LogP contribution in [-0.2, 0) is 14.3 Å². The molecule has 0 spiro atoms. The zero-order valence-corrected chi connectivity index (χ0v) is 8.86. The van der Waals surface area contributed by atoms with Crippen LogP contribution in [-0.4, -0.2) is 36.7 Å². The van der Waals surface area contributed by atoms with Crippen molar-refractivity contribution in [3.63, 3.8) is 0 Å². The van der Waals surface area contributed by atoms with Gasteiger partial charge in [0.15, 0.2) is 0 Å². The standard InChI is InChI=1S/C10H17NO4/c1-3-5-8(10(13)14)11-9(12)6-4-7-15-2/h3,8H,1,4-7H2,2H3,(H,11,12)(H,13,14). The van der Waals surface area contributed by atoms with Crippen LogP contribution in [0.5, 0.6) is 0 Å². The van der Waals surface area contributed by atoms with Crippen LogP contribution >= 0.6 is 0 Å². The third-order valence-electron chi connectivity index (χ3n) is 1.79. The summed E-state index contributed by atoms with van der Waals surface area (Å²) in [6.07, 6.45) is 2.55. The Bertz CT molecular complexity index is 227. The van der Waals surface area contributed by atoms with Gasteiger partial charge in [-0.25, -0.2) is 4.79 Å². The van der Waals surface area contributed by atoms with Crippen LogP contribution in [0.1, 0.15) is 19.3 Å². The zero-order valence-electron chi connectivity index (χ0n) is 8.86. The molecule has 86 valence electrons. The van der Waals surface area contributed by atoms with Gasteiger partial charge >= 0.3 is 5.97 Å². The number of nitrogens with one attached hydrogen (secondary N) is 1. The van der Waals surface area contributed by atoms with E-state index in [0.29, 0.717) is 13.0 Å². The Hall–Kier alpha value is -1.36. The minimum Gasteiger partial charge on any atom is -0.480 e. The lowest BCUT2D eigenvalue weighted by Crippen LogP contribution is -2.40. The Morgan fingerprint density at radius 3 is 2.73 bits per heavy atom. The first-order valence-electron chi connectivity index (χ1n) is 4.73. The second-order valence-electron chi connectivity index (χ2n) is 3.08. The van der Waals surface area contributed by atoms with Crippen LogP contribution in [0, 0.1) is 0 Å². The lowest BCUT2D eigenvalue weighted by molar-refractivity contribution is -0.141. The highest BCUT2D eigenvalue weighted by molar-refractivity contribution is 5.83. The zero-order chi connectivity index (χ0) is 11.7. The predicted molar refractivity (Wildman–Crippen MR) is 55.5 cm³/mol. The number of hydrogen-bond donors (Lipinski definition) is 2. The van der Waals surface area contributed by atoms with Crippen LogP contribution < -0.4 is 5.32 Å². The molecule has 0 bridgehead atoms. The molecule has 1 unspecified atom stereocenters. The van der Waals surface area contributed by atoms with Gasteiger partial charge in [-0.2, -0.15) is 0 Å². The molecule has 0 radical (unpaired) electrons. The molecule has 0 aromatic carbocycles. The number of hydrogen-bond acceptors (Lipinski definition) is 3. The number of carboxylic acid groups (broad SMARTS) is 1. The quantitative estimate of drug-likeness (QED) is 0.458. The Morgan fingerprint density at radius 1 is 1.60 bits per heavy atom. The van der Waals surface area contributed by atoms with E-state index in [1.165, 1.54) is 6.08 Å². The first-order valence-corrected chi connectivity index (χ1v) is 4.73. The largest absolute Gasteiger partial charge is 0.480 e. The molecule has 0 saturated heterocycles. The van der Waals surface area contributed by atoms with E-state index >= 15 is 0 Å². The molecular weight excluding hydrogens is 198 g/mol. The fraction of sp³-hybridized carbons (Fsp3) is 0.600. The van der Waals surface area contributed by atoms with E-state index in [2.05, 4.69) is 11.9 Å². The van der Waals surface area contributed by atoms with E-state index in [0.717, 1.165) is 0 Å². The molecule has 0 saturated carbocycles. The van der Waals surface area contributed by atoms with Crippen LogP contribution in [0.25, 0.3) is 0 Å².